The predicted octanol–water partition coefficient (Wildman–Crippen LogP) is 2.95. The van der Waals surface area contributed by atoms with Gasteiger partial charge in [0.1, 0.15) is 10.8 Å². The Morgan fingerprint density at radius 1 is 1.48 bits per heavy atom. The Labute approximate surface area is 139 Å². The lowest BCUT2D eigenvalue weighted by Crippen LogP contribution is -2.41. The molecule has 3 heterocycles. The Morgan fingerprint density at radius 2 is 2.30 bits per heavy atom. The van der Waals surface area contributed by atoms with Crippen LogP contribution in [0.4, 0.5) is 10.6 Å². The summed E-state index contributed by atoms with van der Waals surface area (Å²) in [6.07, 6.45) is 3.09. The maximum absolute atomic E-state index is 12.7. The number of urea groups is 1. The summed E-state index contributed by atoms with van der Waals surface area (Å²) in [5.74, 6) is 1.10. The van der Waals surface area contributed by atoms with Gasteiger partial charge in [0.05, 0.1) is 13.2 Å². The second kappa shape index (κ2) is 6.57. The van der Waals surface area contributed by atoms with Gasteiger partial charge in [0.25, 0.3) is 0 Å². The highest BCUT2D eigenvalue weighted by Crippen LogP contribution is 2.33. The fraction of sp³-hybridized carbons (Fsp3) is 0.533. The van der Waals surface area contributed by atoms with Gasteiger partial charge in [-0.15, -0.1) is 16.4 Å². The van der Waals surface area contributed by atoms with Crippen molar-refractivity contribution in [2.45, 2.75) is 32.2 Å². The van der Waals surface area contributed by atoms with Gasteiger partial charge in [-0.1, -0.05) is 0 Å². The summed E-state index contributed by atoms with van der Waals surface area (Å²) in [5, 5.41) is 10.1. The summed E-state index contributed by atoms with van der Waals surface area (Å²) in [6, 6.07) is 1.65. The molecule has 23 heavy (non-hydrogen) atoms. The molecule has 7 nitrogen and oxygen atoms in total. The second-order valence-electron chi connectivity index (χ2n) is 5.66. The van der Waals surface area contributed by atoms with Crippen LogP contribution in [-0.2, 0) is 7.05 Å². The highest BCUT2D eigenvalue weighted by Gasteiger charge is 2.30. The Kier molecular flexibility index (Phi) is 4.51. The minimum Gasteiger partial charge on any atom is -0.480 e. The van der Waals surface area contributed by atoms with E-state index in [0.717, 1.165) is 36.5 Å². The molecule has 1 N–H and O–H groups in total. The average Bonchev–Trinajstić information content (AvgIpc) is 3.13. The quantitative estimate of drug-likeness (QED) is 0.936. The molecule has 1 aliphatic rings. The van der Waals surface area contributed by atoms with Crippen molar-refractivity contribution in [3.63, 3.8) is 0 Å². The first-order valence-electron chi connectivity index (χ1n) is 7.66. The molecule has 0 aliphatic carbocycles. The van der Waals surface area contributed by atoms with Crippen molar-refractivity contribution in [1.29, 1.82) is 0 Å². The van der Waals surface area contributed by atoms with Crippen molar-refractivity contribution in [3.8, 4) is 5.88 Å². The van der Waals surface area contributed by atoms with Crippen LogP contribution in [0, 0.1) is 6.92 Å². The van der Waals surface area contributed by atoms with Gasteiger partial charge in [0, 0.05) is 30.7 Å². The number of rotatable bonds is 3. The van der Waals surface area contributed by atoms with Gasteiger partial charge < -0.3 is 9.64 Å². The predicted molar refractivity (Wildman–Crippen MR) is 88.9 cm³/mol. The summed E-state index contributed by atoms with van der Waals surface area (Å²) in [6.45, 7) is 2.72. The molecule has 1 atom stereocenters. The zero-order chi connectivity index (χ0) is 16.4. The Balaban J connectivity index is 1.77. The van der Waals surface area contributed by atoms with Crippen molar-refractivity contribution < 1.29 is 9.53 Å². The van der Waals surface area contributed by atoms with E-state index >= 15 is 0 Å². The number of aryl methyl sites for hydroxylation is 2. The number of ether oxygens (including phenoxy) is 1. The fourth-order valence-corrected chi connectivity index (χ4v) is 3.74. The van der Waals surface area contributed by atoms with E-state index in [9.17, 15) is 4.79 Å². The molecular weight excluding hydrogens is 314 g/mol. The maximum Gasteiger partial charge on any atom is 0.323 e. The number of carbonyl (C=O) groups excluding carboxylic acids is 1. The number of hydrogen-bond donors (Lipinski definition) is 1. The number of anilines is 1. The normalized spacial score (nSPS) is 18.0. The van der Waals surface area contributed by atoms with Gasteiger partial charge in [0.2, 0.25) is 5.88 Å². The van der Waals surface area contributed by atoms with Gasteiger partial charge in [-0.05, 0) is 26.2 Å². The third-order valence-corrected chi connectivity index (χ3v) is 5.05. The van der Waals surface area contributed by atoms with E-state index in [1.54, 1.807) is 36.2 Å². The van der Waals surface area contributed by atoms with Crippen molar-refractivity contribution >= 4 is 23.2 Å². The third-order valence-electron chi connectivity index (χ3n) is 3.99. The molecule has 1 aliphatic heterocycles. The lowest BCUT2D eigenvalue weighted by Gasteiger charge is -2.34. The molecule has 124 valence electrons. The largest absolute Gasteiger partial charge is 0.480 e. The summed E-state index contributed by atoms with van der Waals surface area (Å²) >= 11 is 1.62. The van der Waals surface area contributed by atoms with Crippen LogP contribution in [0.2, 0.25) is 0 Å². The lowest BCUT2D eigenvalue weighted by molar-refractivity contribution is 0.163. The van der Waals surface area contributed by atoms with Gasteiger partial charge in [-0.2, -0.15) is 0 Å². The number of likely N-dealkylation sites (tertiary alicyclic amines) is 1. The van der Waals surface area contributed by atoms with E-state index in [1.165, 1.54) is 0 Å². The molecule has 1 unspecified atom stereocenters. The van der Waals surface area contributed by atoms with Gasteiger partial charge >= 0.3 is 6.03 Å². The van der Waals surface area contributed by atoms with Crippen LogP contribution in [0.1, 0.15) is 36.0 Å². The molecule has 2 aromatic heterocycles. The van der Waals surface area contributed by atoms with Crippen molar-refractivity contribution in [2.24, 2.45) is 7.05 Å². The van der Waals surface area contributed by atoms with Crippen molar-refractivity contribution in [3.05, 3.63) is 22.1 Å². The molecule has 3 rings (SSSR count). The highest BCUT2D eigenvalue weighted by atomic mass is 32.1. The molecule has 1 saturated heterocycles. The number of thiazole rings is 1. The van der Waals surface area contributed by atoms with E-state index in [-0.39, 0.29) is 12.1 Å². The van der Waals surface area contributed by atoms with E-state index in [1.807, 2.05) is 17.2 Å². The number of aromatic nitrogens is 3. The molecule has 2 amide bonds. The molecule has 0 radical (unpaired) electrons. The van der Waals surface area contributed by atoms with Crippen LogP contribution in [0.5, 0.6) is 5.88 Å². The lowest BCUT2D eigenvalue weighted by atomic mass is 10.0. The summed E-state index contributed by atoms with van der Waals surface area (Å²) in [4.78, 5) is 19.2. The minimum atomic E-state index is -0.117. The topological polar surface area (TPSA) is 72.3 Å². The maximum atomic E-state index is 12.7. The molecule has 0 aromatic carbocycles. The molecule has 0 bridgehead atoms. The smallest absolute Gasteiger partial charge is 0.323 e. The number of methoxy groups -OCH3 is 1. The molecule has 2 aromatic rings. The third kappa shape index (κ3) is 3.31. The Bertz CT molecular complexity index is 696. The first-order chi connectivity index (χ1) is 11.1. The highest BCUT2D eigenvalue weighted by molar-refractivity contribution is 7.09. The van der Waals surface area contributed by atoms with Crippen molar-refractivity contribution in [1.82, 2.24) is 19.7 Å². The van der Waals surface area contributed by atoms with E-state index in [4.69, 9.17) is 4.74 Å². The number of piperidine rings is 1. The number of nitrogens with zero attached hydrogens (tertiary/aromatic N) is 4. The molecule has 0 saturated carbocycles. The monoisotopic (exact) mass is 335 g/mol. The average molecular weight is 335 g/mol. The first-order valence-corrected chi connectivity index (χ1v) is 8.54. The first kappa shape index (κ1) is 15.8. The number of carbonyl (C=O) groups is 1. The van der Waals surface area contributed by atoms with Crippen LogP contribution in [0.15, 0.2) is 11.4 Å². The minimum absolute atomic E-state index is 0.0533. The van der Waals surface area contributed by atoms with Crippen LogP contribution in [0.25, 0.3) is 0 Å². The standard InChI is InChI=1S/C15H21N5O2S/c1-10-9-23-14(16-10)11-6-4-5-7-20(11)15(21)17-12-8-13(22-3)18-19(12)2/h8-9,11H,4-7H2,1-3H3,(H,17,21). The number of amides is 2. The van der Waals surface area contributed by atoms with Gasteiger partial charge in [0.15, 0.2) is 0 Å². The van der Waals surface area contributed by atoms with E-state index < -0.39 is 0 Å². The summed E-state index contributed by atoms with van der Waals surface area (Å²) in [7, 11) is 3.33. The number of hydrogen-bond acceptors (Lipinski definition) is 5. The SMILES string of the molecule is COc1cc(NC(=O)N2CCCCC2c2nc(C)cs2)n(C)n1. The molecule has 8 heteroatoms. The van der Waals surface area contributed by atoms with Crippen LogP contribution in [0.3, 0.4) is 0 Å². The van der Waals surface area contributed by atoms with Crippen LogP contribution < -0.4 is 10.1 Å². The Hall–Kier alpha value is -2.09. The Morgan fingerprint density at radius 3 is 2.96 bits per heavy atom. The van der Waals surface area contributed by atoms with Gasteiger partial charge in [-0.25, -0.2) is 14.5 Å². The summed E-state index contributed by atoms with van der Waals surface area (Å²) in [5.41, 5.74) is 1.01. The van der Waals surface area contributed by atoms with Gasteiger partial charge in [-0.3, -0.25) is 5.32 Å². The zero-order valence-corrected chi connectivity index (χ0v) is 14.4. The van der Waals surface area contributed by atoms with E-state index in [0.29, 0.717) is 11.7 Å². The second-order valence-corrected chi connectivity index (χ2v) is 6.55. The van der Waals surface area contributed by atoms with Crippen molar-refractivity contribution in [2.75, 3.05) is 19.0 Å². The van der Waals surface area contributed by atoms with Crippen LogP contribution >= 0.6 is 11.3 Å². The molecule has 0 spiro atoms. The van der Waals surface area contributed by atoms with Crippen LogP contribution in [-0.4, -0.2) is 39.4 Å². The summed E-state index contributed by atoms with van der Waals surface area (Å²) < 4.78 is 6.69. The number of nitrogens with one attached hydrogen (secondary N) is 1. The fourth-order valence-electron chi connectivity index (χ4n) is 2.80. The molecule has 1 fully saturated rings. The molecular formula is C15H21N5O2S. The van der Waals surface area contributed by atoms with E-state index in [2.05, 4.69) is 15.4 Å². The zero-order valence-electron chi connectivity index (χ0n) is 13.6.